The number of likely N-dealkylation sites (tertiary alicyclic amines) is 1. The molecular weight excluding hydrogens is 309 g/mol. The monoisotopic (exact) mass is 329 g/mol. The third-order valence-corrected chi connectivity index (χ3v) is 4.31. The van der Waals surface area contributed by atoms with Crippen molar-refractivity contribution in [3.8, 4) is 0 Å². The minimum atomic E-state index is -0.572. The molecule has 1 aliphatic rings. The van der Waals surface area contributed by atoms with Crippen LogP contribution in [0.1, 0.15) is 33.9 Å². The number of β-amino-alcohol motifs (C(OH)–C–C–N with tert-alkyl or cyclic N) is 1. The SMILES string of the molecule is COCc1ccc(C(=O)N2C[C@@H](O)C[C@@H]2c2ccc(F)cc2)cc1. The number of carbonyl (C=O) groups excluding carboxylic acids is 1. The van der Waals surface area contributed by atoms with Gasteiger partial charge in [0.15, 0.2) is 0 Å². The lowest BCUT2D eigenvalue weighted by molar-refractivity contribution is 0.0715. The first kappa shape index (κ1) is 16.6. The zero-order chi connectivity index (χ0) is 17.1. The molecule has 0 unspecified atom stereocenters. The summed E-state index contributed by atoms with van der Waals surface area (Å²) in [6.45, 7) is 0.774. The Morgan fingerprint density at radius 3 is 2.50 bits per heavy atom. The fourth-order valence-corrected chi connectivity index (χ4v) is 3.12. The van der Waals surface area contributed by atoms with Crippen LogP contribution in [0.25, 0.3) is 0 Å². The maximum Gasteiger partial charge on any atom is 0.254 e. The van der Waals surface area contributed by atoms with Crippen molar-refractivity contribution >= 4 is 5.91 Å². The van der Waals surface area contributed by atoms with Crippen molar-refractivity contribution < 1.29 is 19.0 Å². The van der Waals surface area contributed by atoms with Gasteiger partial charge in [0, 0.05) is 19.2 Å². The largest absolute Gasteiger partial charge is 0.391 e. The van der Waals surface area contributed by atoms with E-state index < -0.39 is 6.10 Å². The van der Waals surface area contributed by atoms with Crippen LogP contribution in [0.3, 0.4) is 0 Å². The number of hydrogen-bond donors (Lipinski definition) is 1. The highest BCUT2D eigenvalue weighted by atomic mass is 19.1. The van der Waals surface area contributed by atoms with Gasteiger partial charge in [-0.3, -0.25) is 4.79 Å². The van der Waals surface area contributed by atoms with Crippen molar-refractivity contribution in [2.45, 2.75) is 25.2 Å². The highest BCUT2D eigenvalue weighted by molar-refractivity contribution is 5.94. The molecular formula is C19H20FNO3. The van der Waals surface area contributed by atoms with Crippen molar-refractivity contribution in [2.75, 3.05) is 13.7 Å². The molecule has 4 nitrogen and oxygen atoms in total. The van der Waals surface area contributed by atoms with Crippen LogP contribution in [0.15, 0.2) is 48.5 Å². The van der Waals surface area contributed by atoms with Gasteiger partial charge in [0.2, 0.25) is 0 Å². The molecule has 0 aliphatic carbocycles. The number of rotatable bonds is 4. The Labute approximate surface area is 140 Å². The van der Waals surface area contributed by atoms with Gasteiger partial charge in [-0.2, -0.15) is 0 Å². The Morgan fingerprint density at radius 1 is 1.21 bits per heavy atom. The van der Waals surface area contributed by atoms with Crippen molar-refractivity contribution in [1.82, 2.24) is 4.90 Å². The second-order valence-electron chi connectivity index (χ2n) is 6.04. The van der Waals surface area contributed by atoms with E-state index in [0.717, 1.165) is 11.1 Å². The Kier molecular flexibility index (Phi) is 4.92. The third kappa shape index (κ3) is 3.47. The number of methoxy groups -OCH3 is 1. The Bertz CT molecular complexity index is 700. The minimum absolute atomic E-state index is 0.134. The molecule has 3 rings (SSSR count). The number of ether oxygens (including phenoxy) is 1. The quantitative estimate of drug-likeness (QED) is 0.938. The molecule has 2 aromatic carbocycles. The molecule has 126 valence electrons. The van der Waals surface area contributed by atoms with Crippen LogP contribution in [-0.4, -0.2) is 35.7 Å². The van der Waals surface area contributed by atoms with Crippen molar-refractivity contribution in [2.24, 2.45) is 0 Å². The van der Waals surface area contributed by atoms with Gasteiger partial charge in [-0.15, -0.1) is 0 Å². The van der Waals surface area contributed by atoms with E-state index in [2.05, 4.69) is 0 Å². The molecule has 1 N–H and O–H groups in total. The minimum Gasteiger partial charge on any atom is -0.391 e. The number of nitrogens with zero attached hydrogens (tertiary/aromatic N) is 1. The summed E-state index contributed by atoms with van der Waals surface area (Å²) in [7, 11) is 1.62. The maximum absolute atomic E-state index is 13.1. The molecule has 1 aliphatic heterocycles. The molecule has 0 saturated carbocycles. The summed E-state index contributed by atoms with van der Waals surface area (Å²) in [6.07, 6.45) is -0.115. The number of hydrogen-bond acceptors (Lipinski definition) is 3. The number of amides is 1. The molecule has 1 saturated heterocycles. The molecule has 0 bridgehead atoms. The van der Waals surface area contributed by atoms with Crippen LogP contribution in [0.4, 0.5) is 4.39 Å². The van der Waals surface area contributed by atoms with Crippen LogP contribution in [0.5, 0.6) is 0 Å². The molecule has 1 fully saturated rings. The van der Waals surface area contributed by atoms with E-state index in [4.69, 9.17) is 4.74 Å². The van der Waals surface area contributed by atoms with E-state index in [-0.39, 0.29) is 24.3 Å². The van der Waals surface area contributed by atoms with Crippen LogP contribution in [0.2, 0.25) is 0 Å². The summed E-state index contributed by atoms with van der Waals surface area (Å²) in [4.78, 5) is 14.5. The van der Waals surface area contributed by atoms with Crippen molar-refractivity contribution in [3.05, 3.63) is 71.0 Å². The molecule has 0 aromatic heterocycles. The molecule has 1 heterocycles. The zero-order valence-electron chi connectivity index (χ0n) is 13.5. The van der Waals surface area contributed by atoms with Gasteiger partial charge in [0.05, 0.1) is 18.8 Å². The van der Waals surface area contributed by atoms with Crippen molar-refractivity contribution in [3.63, 3.8) is 0 Å². The Balaban J connectivity index is 1.82. The standard InChI is InChI=1S/C19H20FNO3/c1-24-12-13-2-4-15(5-3-13)19(23)21-11-17(22)10-18(21)14-6-8-16(20)9-7-14/h2-9,17-18,22H,10-12H2,1H3/t17-,18+/m0/s1. The lowest BCUT2D eigenvalue weighted by Gasteiger charge is -2.25. The number of aliphatic hydroxyl groups excluding tert-OH is 1. The normalized spacial score (nSPS) is 20.4. The van der Waals surface area contributed by atoms with Gasteiger partial charge >= 0.3 is 0 Å². The highest BCUT2D eigenvalue weighted by Gasteiger charge is 2.35. The summed E-state index contributed by atoms with van der Waals surface area (Å²) >= 11 is 0. The predicted molar refractivity (Wildman–Crippen MR) is 88.0 cm³/mol. The Hall–Kier alpha value is -2.24. The second kappa shape index (κ2) is 7.11. The molecule has 2 atom stereocenters. The van der Waals surface area contributed by atoms with Crippen LogP contribution >= 0.6 is 0 Å². The summed E-state index contributed by atoms with van der Waals surface area (Å²) < 4.78 is 18.2. The van der Waals surface area contributed by atoms with Crippen LogP contribution in [-0.2, 0) is 11.3 Å². The van der Waals surface area contributed by atoms with Crippen LogP contribution < -0.4 is 0 Å². The first-order valence-corrected chi connectivity index (χ1v) is 7.91. The zero-order valence-corrected chi connectivity index (χ0v) is 13.5. The second-order valence-corrected chi connectivity index (χ2v) is 6.04. The molecule has 1 amide bonds. The first-order valence-electron chi connectivity index (χ1n) is 7.91. The smallest absolute Gasteiger partial charge is 0.254 e. The van der Waals surface area contributed by atoms with E-state index in [1.165, 1.54) is 12.1 Å². The van der Waals surface area contributed by atoms with Gasteiger partial charge < -0.3 is 14.7 Å². The van der Waals surface area contributed by atoms with Crippen molar-refractivity contribution in [1.29, 1.82) is 0 Å². The fourth-order valence-electron chi connectivity index (χ4n) is 3.12. The average molecular weight is 329 g/mol. The number of carbonyl (C=O) groups is 1. The third-order valence-electron chi connectivity index (χ3n) is 4.31. The van der Waals surface area contributed by atoms with E-state index in [1.807, 2.05) is 12.1 Å². The number of aliphatic hydroxyl groups is 1. The van der Waals surface area contributed by atoms with Gasteiger partial charge in [-0.25, -0.2) is 4.39 Å². The van der Waals surface area contributed by atoms with Gasteiger partial charge in [-0.05, 0) is 41.8 Å². The highest BCUT2D eigenvalue weighted by Crippen LogP contribution is 2.33. The molecule has 5 heteroatoms. The Morgan fingerprint density at radius 2 is 1.88 bits per heavy atom. The summed E-state index contributed by atoms with van der Waals surface area (Å²) in [5.41, 5.74) is 2.39. The van der Waals surface area contributed by atoms with E-state index in [9.17, 15) is 14.3 Å². The fraction of sp³-hybridized carbons (Fsp3) is 0.316. The topological polar surface area (TPSA) is 49.8 Å². The maximum atomic E-state index is 13.1. The average Bonchev–Trinajstić information content (AvgIpc) is 2.98. The number of benzene rings is 2. The lowest BCUT2D eigenvalue weighted by atomic mass is 10.0. The van der Waals surface area contributed by atoms with E-state index >= 15 is 0 Å². The van der Waals surface area contributed by atoms with Gasteiger partial charge in [-0.1, -0.05) is 24.3 Å². The first-order chi connectivity index (χ1) is 11.6. The molecule has 2 aromatic rings. The van der Waals surface area contributed by atoms with Gasteiger partial charge in [0.1, 0.15) is 5.82 Å². The summed E-state index contributed by atoms with van der Waals surface area (Å²) in [5, 5.41) is 10.0. The van der Waals surface area contributed by atoms with E-state index in [1.54, 1.807) is 36.3 Å². The summed E-state index contributed by atoms with van der Waals surface area (Å²) in [5.74, 6) is -0.450. The lowest BCUT2D eigenvalue weighted by Crippen LogP contribution is -2.31. The predicted octanol–water partition coefficient (Wildman–Crippen LogP) is 2.92. The summed E-state index contributed by atoms with van der Waals surface area (Å²) in [6, 6.07) is 13.1. The van der Waals surface area contributed by atoms with Gasteiger partial charge in [0.25, 0.3) is 5.91 Å². The molecule has 24 heavy (non-hydrogen) atoms. The van der Waals surface area contributed by atoms with E-state index in [0.29, 0.717) is 18.6 Å². The van der Waals surface area contributed by atoms with Crippen LogP contribution in [0, 0.1) is 5.82 Å². The molecule has 0 radical (unpaired) electrons. The molecule has 0 spiro atoms. The number of halogens is 1.